The zero-order valence-electron chi connectivity index (χ0n) is 22.9. The number of amides is 2. The minimum absolute atomic E-state index is 0.0319. The molecule has 0 fully saturated rings. The lowest BCUT2D eigenvalue weighted by Crippen LogP contribution is -2.41. The van der Waals surface area contributed by atoms with Crippen molar-refractivity contribution in [3.63, 3.8) is 0 Å². The van der Waals surface area contributed by atoms with E-state index in [0.717, 1.165) is 24.0 Å². The summed E-state index contributed by atoms with van der Waals surface area (Å²) in [6, 6.07) is 18.2. The predicted molar refractivity (Wildman–Crippen MR) is 154 cm³/mol. The predicted octanol–water partition coefficient (Wildman–Crippen LogP) is 4.68. The lowest BCUT2D eigenvalue weighted by molar-refractivity contribution is -0.150. The van der Waals surface area contributed by atoms with Gasteiger partial charge in [0.2, 0.25) is 11.8 Å². The Morgan fingerprint density at radius 2 is 1.62 bits per heavy atom. The van der Waals surface area contributed by atoms with Crippen LogP contribution in [0.2, 0.25) is 0 Å². The maximum Gasteiger partial charge on any atom is 0.309 e. The summed E-state index contributed by atoms with van der Waals surface area (Å²) in [4.78, 5) is 38.9. The molecular formula is C32H42N2O5. The average molecular weight is 535 g/mol. The molecule has 39 heavy (non-hydrogen) atoms. The Morgan fingerprint density at radius 3 is 2.23 bits per heavy atom. The first-order chi connectivity index (χ1) is 18.9. The molecule has 0 unspecified atom stereocenters. The van der Waals surface area contributed by atoms with E-state index in [-0.39, 0.29) is 43.3 Å². The van der Waals surface area contributed by atoms with Gasteiger partial charge in [-0.2, -0.15) is 0 Å². The highest BCUT2D eigenvalue weighted by atomic mass is 16.5. The highest BCUT2D eigenvalue weighted by Crippen LogP contribution is 2.21. The third-order valence-electron chi connectivity index (χ3n) is 6.46. The number of aliphatic hydroxyl groups is 1. The first-order valence-corrected chi connectivity index (χ1v) is 13.6. The van der Waals surface area contributed by atoms with Crippen molar-refractivity contribution >= 4 is 17.8 Å². The van der Waals surface area contributed by atoms with Gasteiger partial charge < -0.3 is 20.5 Å². The van der Waals surface area contributed by atoms with Gasteiger partial charge in [0, 0.05) is 12.5 Å². The fraction of sp³-hybridized carbons (Fsp3) is 0.406. The SMILES string of the molecule is C=CCCC[C@H](Cc1ccccc1)C(=O)OC[C@H](NC(=O)[C@@H](CC=C)CC(=O)N[C@H](C)CO)c1ccccc1. The molecule has 7 nitrogen and oxygen atoms in total. The molecule has 0 heterocycles. The zero-order chi connectivity index (χ0) is 28.5. The number of esters is 1. The van der Waals surface area contributed by atoms with Crippen LogP contribution in [0, 0.1) is 11.8 Å². The molecule has 0 radical (unpaired) electrons. The fourth-order valence-electron chi connectivity index (χ4n) is 4.28. The number of hydrogen-bond donors (Lipinski definition) is 3. The van der Waals surface area contributed by atoms with Gasteiger partial charge in [-0.3, -0.25) is 14.4 Å². The van der Waals surface area contributed by atoms with Gasteiger partial charge in [0.05, 0.1) is 24.5 Å². The van der Waals surface area contributed by atoms with Crippen molar-refractivity contribution in [1.82, 2.24) is 10.6 Å². The van der Waals surface area contributed by atoms with Gasteiger partial charge in [-0.25, -0.2) is 0 Å². The topological polar surface area (TPSA) is 105 Å². The summed E-state index contributed by atoms with van der Waals surface area (Å²) in [5.74, 6) is -1.94. The monoisotopic (exact) mass is 534 g/mol. The zero-order valence-corrected chi connectivity index (χ0v) is 22.9. The largest absolute Gasteiger partial charge is 0.463 e. The molecule has 0 aromatic heterocycles. The Labute approximate surface area is 232 Å². The minimum Gasteiger partial charge on any atom is -0.463 e. The Kier molecular flexibility index (Phi) is 14.3. The van der Waals surface area contributed by atoms with Crippen molar-refractivity contribution in [3.05, 3.63) is 97.1 Å². The summed E-state index contributed by atoms with van der Waals surface area (Å²) in [5.41, 5.74) is 1.85. The summed E-state index contributed by atoms with van der Waals surface area (Å²) < 4.78 is 5.81. The van der Waals surface area contributed by atoms with E-state index in [9.17, 15) is 19.5 Å². The number of allylic oxidation sites excluding steroid dienone is 2. The highest BCUT2D eigenvalue weighted by molar-refractivity contribution is 5.86. The van der Waals surface area contributed by atoms with E-state index in [4.69, 9.17) is 4.74 Å². The number of ether oxygens (including phenoxy) is 1. The van der Waals surface area contributed by atoms with Crippen molar-refractivity contribution in [3.8, 4) is 0 Å². The van der Waals surface area contributed by atoms with Gasteiger partial charge >= 0.3 is 5.97 Å². The number of carbonyl (C=O) groups excluding carboxylic acids is 3. The highest BCUT2D eigenvalue weighted by Gasteiger charge is 2.27. The summed E-state index contributed by atoms with van der Waals surface area (Å²) in [5, 5.41) is 14.9. The second kappa shape index (κ2) is 17.7. The molecule has 0 spiro atoms. The molecule has 210 valence electrons. The molecule has 4 atom stereocenters. The molecule has 3 N–H and O–H groups in total. The van der Waals surface area contributed by atoms with E-state index in [1.807, 2.05) is 66.7 Å². The Hall–Kier alpha value is -3.71. The number of nitrogens with one attached hydrogen (secondary N) is 2. The van der Waals surface area contributed by atoms with Gasteiger partial charge in [-0.15, -0.1) is 13.2 Å². The van der Waals surface area contributed by atoms with Crippen LogP contribution < -0.4 is 10.6 Å². The van der Waals surface area contributed by atoms with Gasteiger partial charge in [0.1, 0.15) is 6.61 Å². The van der Waals surface area contributed by atoms with E-state index in [0.29, 0.717) is 19.3 Å². The Bertz CT molecular complexity index is 1040. The number of unbranched alkanes of at least 4 members (excludes halogenated alkanes) is 1. The lowest BCUT2D eigenvalue weighted by atomic mass is 9.94. The number of aliphatic hydroxyl groups excluding tert-OH is 1. The molecule has 2 aromatic rings. The third kappa shape index (κ3) is 11.7. The molecule has 2 amide bonds. The average Bonchev–Trinajstić information content (AvgIpc) is 2.95. The smallest absolute Gasteiger partial charge is 0.309 e. The normalized spacial score (nSPS) is 13.8. The maximum atomic E-state index is 13.3. The number of carbonyl (C=O) groups is 3. The van der Waals surface area contributed by atoms with E-state index < -0.39 is 18.0 Å². The Balaban J connectivity index is 2.13. The van der Waals surface area contributed by atoms with Gasteiger partial charge in [0.25, 0.3) is 0 Å². The molecule has 0 aliphatic heterocycles. The minimum atomic E-state index is -0.653. The van der Waals surface area contributed by atoms with Crippen LogP contribution in [-0.4, -0.2) is 42.1 Å². The van der Waals surface area contributed by atoms with Crippen molar-refractivity contribution < 1.29 is 24.2 Å². The number of benzene rings is 2. The van der Waals surface area contributed by atoms with Crippen LogP contribution in [0.25, 0.3) is 0 Å². The second-order valence-electron chi connectivity index (χ2n) is 9.78. The molecule has 2 aromatic carbocycles. The van der Waals surface area contributed by atoms with Crippen LogP contribution in [0.5, 0.6) is 0 Å². The molecule has 7 heteroatoms. The lowest BCUT2D eigenvalue weighted by Gasteiger charge is -2.24. The maximum absolute atomic E-state index is 13.3. The summed E-state index contributed by atoms with van der Waals surface area (Å²) in [6.45, 7) is 8.95. The molecule has 0 bridgehead atoms. The van der Waals surface area contributed by atoms with Crippen molar-refractivity contribution in [2.75, 3.05) is 13.2 Å². The molecule has 2 rings (SSSR count). The van der Waals surface area contributed by atoms with Crippen LogP contribution in [0.1, 0.15) is 56.2 Å². The molecule has 0 saturated heterocycles. The van der Waals surface area contributed by atoms with Crippen molar-refractivity contribution in [2.45, 2.75) is 57.5 Å². The quantitative estimate of drug-likeness (QED) is 0.146. The van der Waals surface area contributed by atoms with Crippen molar-refractivity contribution in [1.29, 1.82) is 0 Å². The summed E-state index contributed by atoms with van der Waals surface area (Å²) in [7, 11) is 0. The summed E-state index contributed by atoms with van der Waals surface area (Å²) in [6.07, 6.45) is 6.58. The van der Waals surface area contributed by atoms with E-state index >= 15 is 0 Å². The first-order valence-electron chi connectivity index (χ1n) is 13.6. The van der Waals surface area contributed by atoms with E-state index in [1.54, 1.807) is 13.0 Å². The third-order valence-corrected chi connectivity index (χ3v) is 6.46. The van der Waals surface area contributed by atoms with Crippen LogP contribution >= 0.6 is 0 Å². The second-order valence-corrected chi connectivity index (χ2v) is 9.78. The molecular weight excluding hydrogens is 492 g/mol. The van der Waals surface area contributed by atoms with Crippen LogP contribution in [0.3, 0.4) is 0 Å². The summed E-state index contributed by atoms with van der Waals surface area (Å²) >= 11 is 0. The standard InChI is InChI=1S/C32H42N2O5/c1-4-6-9-19-28(20-25-15-10-7-11-16-25)32(38)39-23-29(26-17-12-8-13-18-26)34-31(37)27(14-5-2)21-30(36)33-24(3)22-35/h4-5,7-8,10-13,15-18,24,27-29,35H,1-2,6,9,14,19-23H2,3H3,(H,33,36)(H,34,37)/t24-,27+,28-,29+/m1/s1. The van der Waals surface area contributed by atoms with Crippen molar-refractivity contribution in [2.24, 2.45) is 11.8 Å². The number of rotatable bonds is 18. The van der Waals surface area contributed by atoms with Gasteiger partial charge in [-0.1, -0.05) is 72.8 Å². The van der Waals surface area contributed by atoms with Gasteiger partial charge in [-0.05, 0) is 50.2 Å². The number of hydrogen-bond acceptors (Lipinski definition) is 5. The molecule has 0 aliphatic carbocycles. The van der Waals surface area contributed by atoms with E-state index in [2.05, 4.69) is 23.8 Å². The molecule has 0 saturated carbocycles. The Morgan fingerprint density at radius 1 is 0.949 bits per heavy atom. The van der Waals surface area contributed by atoms with Crippen LogP contribution in [0.4, 0.5) is 0 Å². The van der Waals surface area contributed by atoms with Crippen LogP contribution in [0.15, 0.2) is 86.0 Å². The fourth-order valence-corrected chi connectivity index (χ4v) is 4.28. The van der Waals surface area contributed by atoms with E-state index in [1.165, 1.54) is 0 Å². The molecule has 0 aliphatic rings. The van der Waals surface area contributed by atoms with Crippen LogP contribution in [-0.2, 0) is 25.5 Å². The first kappa shape index (κ1) is 31.5. The van der Waals surface area contributed by atoms with Gasteiger partial charge in [0.15, 0.2) is 0 Å².